The predicted octanol–water partition coefficient (Wildman–Crippen LogP) is 5.52. The summed E-state index contributed by atoms with van der Waals surface area (Å²) in [7, 11) is 0. The van der Waals surface area contributed by atoms with E-state index in [0.29, 0.717) is 29.4 Å². The summed E-state index contributed by atoms with van der Waals surface area (Å²) in [6.45, 7) is 0.719. The molecule has 4 rings (SSSR count). The summed E-state index contributed by atoms with van der Waals surface area (Å²) in [6.07, 6.45) is 1.65. The van der Waals surface area contributed by atoms with Crippen LogP contribution in [0.2, 0.25) is 0 Å². The minimum atomic E-state index is -0.444. The number of carbonyl (C=O) groups excluding carboxylic acids is 2. The van der Waals surface area contributed by atoms with Gasteiger partial charge in [0.1, 0.15) is 30.5 Å². The van der Waals surface area contributed by atoms with Crippen LogP contribution in [0.1, 0.15) is 11.1 Å². The van der Waals surface area contributed by atoms with Crippen LogP contribution in [0, 0.1) is 5.82 Å². The molecule has 162 valence electrons. The van der Waals surface area contributed by atoms with E-state index in [1.807, 2.05) is 30.3 Å². The maximum Gasteiger partial charge on any atom is 0.293 e. The average Bonchev–Trinajstić information content (AvgIpc) is 3.07. The summed E-state index contributed by atoms with van der Waals surface area (Å²) in [5.74, 6) is 0.587. The summed E-state index contributed by atoms with van der Waals surface area (Å²) < 4.78 is 25.1. The SMILES string of the molecule is O=C1S/C(=C/c2ccc(OCCOc3ccccc3)cc2)C(=O)N1Cc1ccccc1F. The highest BCUT2D eigenvalue weighted by molar-refractivity contribution is 8.18. The molecule has 0 unspecified atom stereocenters. The Morgan fingerprint density at radius 3 is 2.12 bits per heavy atom. The van der Waals surface area contributed by atoms with Gasteiger partial charge in [-0.25, -0.2) is 4.39 Å². The molecule has 0 N–H and O–H groups in total. The first kappa shape index (κ1) is 21.6. The van der Waals surface area contributed by atoms with Gasteiger partial charge < -0.3 is 9.47 Å². The Labute approximate surface area is 189 Å². The van der Waals surface area contributed by atoms with Gasteiger partial charge in [-0.1, -0.05) is 48.5 Å². The van der Waals surface area contributed by atoms with Crippen molar-refractivity contribution < 1.29 is 23.5 Å². The standard InChI is InChI=1S/C25H20FNO4S/c26-22-9-5-4-6-19(22)17-27-24(28)23(32-25(27)29)16-18-10-12-21(13-11-18)31-15-14-30-20-7-2-1-3-8-20/h1-13,16H,14-15,17H2/b23-16+. The van der Waals surface area contributed by atoms with Crippen molar-refractivity contribution in [1.29, 1.82) is 0 Å². The average molecular weight is 450 g/mol. The number of thioether (sulfide) groups is 1. The van der Waals surface area contributed by atoms with E-state index in [9.17, 15) is 14.0 Å². The fourth-order valence-corrected chi connectivity index (χ4v) is 3.92. The van der Waals surface area contributed by atoms with Crippen LogP contribution in [0.3, 0.4) is 0 Å². The molecule has 0 aromatic heterocycles. The van der Waals surface area contributed by atoms with Crippen LogP contribution in [-0.4, -0.2) is 29.3 Å². The lowest BCUT2D eigenvalue weighted by atomic mass is 10.2. The number of para-hydroxylation sites is 1. The molecule has 5 nitrogen and oxygen atoms in total. The second-order valence-electron chi connectivity index (χ2n) is 6.94. The molecule has 32 heavy (non-hydrogen) atoms. The molecular formula is C25H20FNO4S. The molecule has 3 aromatic carbocycles. The summed E-state index contributed by atoms with van der Waals surface area (Å²) in [4.78, 5) is 26.3. The lowest BCUT2D eigenvalue weighted by molar-refractivity contribution is -0.123. The number of imide groups is 1. The second kappa shape index (κ2) is 10.2. The first-order chi connectivity index (χ1) is 15.6. The molecule has 3 aromatic rings. The molecule has 7 heteroatoms. The van der Waals surface area contributed by atoms with E-state index in [4.69, 9.17) is 9.47 Å². The van der Waals surface area contributed by atoms with E-state index in [1.54, 1.807) is 48.5 Å². The molecular weight excluding hydrogens is 429 g/mol. The molecule has 1 fully saturated rings. The topological polar surface area (TPSA) is 55.8 Å². The first-order valence-electron chi connectivity index (χ1n) is 9.99. The van der Waals surface area contributed by atoms with Gasteiger partial charge in [-0.3, -0.25) is 14.5 Å². The number of ether oxygens (including phenoxy) is 2. The molecule has 1 aliphatic heterocycles. The number of halogens is 1. The molecule has 0 atom stereocenters. The normalized spacial score (nSPS) is 14.8. The van der Waals surface area contributed by atoms with Crippen LogP contribution >= 0.6 is 11.8 Å². The van der Waals surface area contributed by atoms with Gasteiger partial charge in [-0.2, -0.15) is 0 Å². The maximum absolute atomic E-state index is 13.9. The third-order valence-corrected chi connectivity index (χ3v) is 5.61. The second-order valence-corrected chi connectivity index (χ2v) is 7.93. The third-order valence-electron chi connectivity index (χ3n) is 4.70. The Balaban J connectivity index is 1.33. The Bertz CT molecular complexity index is 1130. The van der Waals surface area contributed by atoms with Gasteiger partial charge in [-0.05, 0) is 53.7 Å². The minimum Gasteiger partial charge on any atom is -0.490 e. The van der Waals surface area contributed by atoms with Crippen molar-refractivity contribution in [3.8, 4) is 11.5 Å². The van der Waals surface area contributed by atoms with Crippen LogP contribution in [0.25, 0.3) is 6.08 Å². The summed E-state index contributed by atoms with van der Waals surface area (Å²) in [6, 6.07) is 22.8. The molecule has 0 saturated carbocycles. The number of hydrogen-bond donors (Lipinski definition) is 0. The van der Waals surface area contributed by atoms with Gasteiger partial charge in [0.25, 0.3) is 11.1 Å². The molecule has 1 heterocycles. The number of benzene rings is 3. The van der Waals surface area contributed by atoms with Crippen LogP contribution < -0.4 is 9.47 Å². The summed E-state index contributed by atoms with van der Waals surface area (Å²) in [5, 5.41) is -0.414. The number of hydrogen-bond acceptors (Lipinski definition) is 5. The van der Waals surface area contributed by atoms with Crippen molar-refractivity contribution in [3.05, 3.63) is 101 Å². The molecule has 0 aliphatic carbocycles. The summed E-state index contributed by atoms with van der Waals surface area (Å²) in [5.41, 5.74) is 1.06. The molecule has 0 radical (unpaired) electrons. The Kier molecular flexibility index (Phi) is 6.87. The van der Waals surface area contributed by atoms with Gasteiger partial charge in [0.15, 0.2) is 0 Å². The van der Waals surface area contributed by atoms with Crippen LogP contribution in [-0.2, 0) is 11.3 Å². The molecule has 0 bridgehead atoms. The van der Waals surface area contributed by atoms with Gasteiger partial charge in [0.2, 0.25) is 0 Å². The van der Waals surface area contributed by atoms with Crippen molar-refractivity contribution in [1.82, 2.24) is 4.90 Å². The minimum absolute atomic E-state index is 0.0908. The maximum atomic E-state index is 13.9. The number of rotatable bonds is 8. The van der Waals surface area contributed by atoms with E-state index < -0.39 is 17.0 Å². The lowest BCUT2D eigenvalue weighted by Gasteiger charge is -2.12. The van der Waals surface area contributed by atoms with Crippen molar-refractivity contribution in [3.63, 3.8) is 0 Å². The molecule has 2 amide bonds. The summed E-state index contributed by atoms with van der Waals surface area (Å²) >= 11 is 0.849. The Morgan fingerprint density at radius 1 is 0.812 bits per heavy atom. The number of carbonyl (C=O) groups is 2. The van der Waals surface area contributed by atoms with Gasteiger partial charge >= 0.3 is 0 Å². The molecule has 1 aliphatic rings. The zero-order chi connectivity index (χ0) is 22.3. The van der Waals surface area contributed by atoms with E-state index >= 15 is 0 Å². The van der Waals surface area contributed by atoms with Crippen LogP contribution in [0.15, 0.2) is 83.8 Å². The van der Waals surface area contributed by atoms with Crippen molar-refractivity contribution >= 4 is 29.0 Å². The van der Waals surface area contributed by atoms with E-state index in [1.165, 1.54) is 6.07 Å². The molecule has 0 spiro atoms. The van der Waals surface area contributed by atoms with Gasteiger partial charge in [-0.15, -0.1) is 0 Å². The monoisotopic (exact) mass is 449 g/mol. The first-order valence-corrected chi connectivity index (χ1v) is 10.8. The Hall–Kier alpha value is -3.58. The smallest absolute Gasteiger partial charge is 0.293 e. The van der Waals surface area contributed by atoms with E-state index in [2.05, 4.69) is 0 Å². The highest BCUT2D eigenvalue weighted by Gasteiger charge is 2.35. The zero-order valence-electron chi connectivity index (χ0n) is 17.1. The number of nitrogens with zero attached hydrogens (tertiary/aromatic N) is 1. The van der Waals surface area contributed by atoms with E-state index in [-0.39, 0.29) is 6.54 Å². The fourth-order valence-electron chi connectivity index (χ4n) is 3.08. The largest absolute Gasteiger partial charge is 0.490 e. The van der Waals surface area contributed by atoms with Crippen molar-refractivity contribution in [2.24, 2.45) is 0 Å². The fraction of sp³-hybridized carbons (Fsp3) is 0.120. The van der Waals surface area contributed by atoms with Crippen molar-refractivity contribution in [2.45, 2.75) is 6.54 Å². The van der Waals surface area contributed by atoms with Crippen LogP contribution in [0.5, 0.6) is 11.5 Å². The lowest BCUT2D eigenvalue weighted by Crippen LogP contribution is -2.27. The Morgan fingerprint density at radius 2 is 1.44 bits per heavy atom. The third kappa shape index (κ3) is 5.36. The van der Waals surface area contributed by atoms with Crippen LogP contribution in [0.4, 0.5) is 9.18 Å². The highest BCUT2D eigenvalue weighted by Crippen LogP contribution is 2.33. The highest BCUT2D eigenvalue weighted by atomic mass is 32.2. The van der Waals surface area contributed by atoms with E-state index in [0.717, 1.165) is 28.0 Å². The van der Waals surface area contributed by atoms with Crippen molar-refractivity contribution in [2.75, 3.05) is 13.2 Å². The van der Waals surface area contributed by atoms with Gasteiger partial charge in [0.05, 0.1) is 11.4 Å². The quantitative estimate of drug-likeness (QED) is 0.335. The predicted molar refractivity (Wildman–Crippen MR) is 122 cm³/mol. The number of amides is 2. The molecule has 1 saturated heterocycles. The van der Waals surface area contributed by atoms with Gasteiger partial charge in [0, 0.05) is 5.56 Å². The zero-order valence-corrected chi connectivity index (χ0v) is 17.9.